The van der Waals surface area contributed by atoms with E-state index in [-0.39, 0.29) is 17.6 Å². The number of aliphatic hydroxyl groups excluding tert-OH is 1. The number of amides is 1. The zero-order chi connectivity index (χ0) is 20.9. The first-order valence-electron chi connectivity index (χ1n) is 11.0. The van der Waals surface area contributed by atoms with Crippen molar-refractivity contribution in [2.45, 2.75) is 83.1 Å². The number of rotatable bonds is 10. The zero-order valence-corrected chi connectivity index (χ0v) is 18.0. The van der Waals surface area contributed by atoms with E-state index in [1.165, 1.54) is 24.5 Å². The van der Waals surface area contributed by atoms with Crippen molar-refractivity contribution in [2.24, 2.45) is 0 Å². The van der Waals surface area contributed by atoms with Gasteiger partial charge in [-0.3, -0.25) is 4.79 Å². The molecule has 0 radical (unpaired) electrons. The number of carbonyl (C=O) groups is 1. The molecule has 162 valence electrons. The molecule has 1 spiro atoms. The second-order valence-electron chi connectivity index (χ2n) is 8.48. The highest BCUT2D eigenvalue weighted by molar-refractivity contribution is 5.73. The molecule has 2 aliphatic rings. The Labute approximate surface area is 174 Å². The number of aryl methyl sites for hydroxylation is 1. The summed E-state index contributed by atoms with van der Waals surface area (Å²) in [7, 11) is 0. The summed E-state index contributed by atoms with van der Waals surface area (Å²) in [6, 6.07) is 6.16. The third kappa shape index (κ3) is 5.50. The molecule has 6 heteroatoms. The molecule has 1 amide bonds. The topological polar surface area (TPSA) is 79.8 Å². The highest BCUT2D eigenvalue weighted by Crippen LogP contribution is 2.49. The van der Waals surface area contributed by atoms with Gasteiger partial charge < -0.3 is 25.2 Å². The van der Waals surface area contributed by atoms with Crippen LogP contribution in [0.4, 0.5) is 0 Å². The normalized spacial score (nSPS) is 21.6. The Balaban J connectivity index is 1.68. The Morgan fingerprint density at radius 3 is 2.79 bits per heavy atom. The molecule has 0 unspecified atom stereocenters. The maximum atomic E-state index is 11.5. The standard InChI is InChI=1S/C23H36N2O4/c1-4-11-28-15-20(25-16(3)26)21(27)14-24-19-13-23(9-6-10-23)29-22-8-7-17(5-2)12-18(19)22/h7-8,12,19-21,24,27H,4-6,9-11,13-15H2,1-3H3,(H,25,26)/t19-,20-,21+/m0/s1. The van der Waals surface area contributed by atoms with E-state index in [9.17, 15) is 9.90 Å². The van der Waals surface area contributed by atoms with Crippen molar-refractivity contribution in [3.05, 3.63) is 29.3 Å². The fraction of sp³-hybridized carbons (Fsp3) is 0.696. The van der Waals surface area contributed by atoms with Crippen molar-refractivity contribution >= 4 is 5.91 Å². The highest BCUT2D eigenvalue weighted by atomic mass is 16.5. The number of benzene rings is 1. The third-order valence-corrected chi connectivity index (χ3v) is 6.10. The van der Waals surface area contributed by atoms with Gasteiger partial charge in [0.05, 0.1) is 18.8 Å². The predicted molar refractivity (Wildman–Crippen MR) is 113 cm³/mol. The summed E-state index contributed by atoms with van der Waals surface area (Å²) < 4.78 is 12.0. The van der Waals surface area contributed by atoms with Crippen molar-refractivity contribution < 1.29 is 19.4 Å². The zero-order valence-electron chi connectivity index (χ0n) is 18.0. The van der Waals surface area contributed by atoms with E-state index < -0.39 is 12.1 Å². The van der Waals surface area contributed by atoms with Crippen LogP contribution in [-0.4, -0.2) is 48.5 Å². The van der Waals surface area contributed by atoms with Gasteiger partial charge in [0.25, 0.3) is 0 Å². The maximum absolute atomic E-state index is 11.5. The second kappa shape index (κ2) is 9.92. The molecule has 0 bridgehead atoms. The number of hydrogen-bond donors (Lipinski definition) is 3. The summed E-state index contributed by atoms with van der Waals surface area (Å²) in [4.78, 5) is 11.5. The number of fused-ring (bicyclic) bond motifs is 1. The average molecular weight is 405 g/mol. The van der Waals surface area contributed by atoms with E-state index in [1.54, 1.807) is 0 Å². The Hall–Kier alpha value is -1.63. The van der Waals surface area contributed by atoms with Crippen LogP contribution in [0.3, 0.4) is 0 Å². The van der Waals surface area contributed by atoms with Gasteiger partial charge in [0.15, 0.2) is 0 Å². The van der Waals surface area contributed by atoms with Crippen LogP contribution in [0.15, 0.2) is 18.2 Å². The first-order valence-corrected chi connectivity index (χ1v) is 11.0. The van der Waals surface area contributed by atoms with Crippen LogP contribution in [0, 0.1) is 0 Å². The molecule has 1 aliphatic carbocycles. The second-order valence-corrected chi connectivity index (χ2v) is 8.48. The first kappa shape index (κ1) is 22.1. The largest absolute Gasteiger partial charge is 0.487 e. The van der Waals surface area contributed by atoms with Gasteiger partial charge in [0.1, 0.15) is 11.4 Å². The van der Waals surface area contributed by atoms with Gasteiger partial charge in [-0.2, -0.15) is 0 Å². The van der Waals surface area contributed by atoms with Crippen molar-refractivity contribution in [3.8, 4) is 5.75 Å². The molecule has 1 aliphatic heterocycles. The lowest BCUT2D eigenvalue weighted by molar-refractivity contribution is -0.121. The summed E-state index contributed by atoms with van der Waals surface area (Å²) in [6.45, 7) is 6.97. The van der Waals surface area contributed by atoms with Crippen molar-refractivity contribution in [2.75, 3.05) is 19.8 Å². The summed E-state index contributed by atoms with van der Waals surface area (Å²) in [5.74, 6) is 0.802. The van der Waals surface area contributed by atoms with Gasteiger partial charge in [-0.25, -0.2) is 0 Å². The fourth-order valence-electron chi connectivity index (χ4n) is 4.27. The molecule has 1 aromatic carbocycles. The molecule has 0 aromatic heterocycles. The predicted octanol–water partition coefficient (Wildman–Crippen LogP) is 2.88. The highest BCUT2D eigenvalue weighted by Gasteiger charge is 2.45. The summed E-state index contributed by atoms with van der Waals surface area (Å²) >= 11 is 0. The Bertz CT molecular complexity index is 689. The van der Waals surface area contributed by atoms with Crippen LogP contribution in [0.2, 0.25) is 0 Å². The van der Waals surface area contributed by atoms with Crippen LogP contribution < -0.4 is 15.4 Å². The van der Waals surface area contributed by atoms with Crippen LogP contribution in [-0.2, 0) is 16.0 Å². The summed E-state index contributed by atoms with van der Waals surface area (Å²) in [5, 5.41) is 17.1. The monoisotopic (exact) mass is 404 g/mol. The lowest BCUT2D eigenvalue weighted by Gasteiger charge is -2.48. The quantitative estimate of drug-likeness (QED) is 0.523. The lowest BCUT2D eigenvalue weighted by atomic mass is 9.72. The third-order valence-electron chi connectivity index (χ3n) is 6.10. The molecule has 1 aromatic rings. The Morgan fingerprint density at radius 2 is 2.17 bits per heavy atom. The molecule has 1 heterocycles. The molecule has 3 atom stereocenters. The molecule has 0 saturated heterocycles. The molecule has 3 rings (SSSR count). The number of carbonyl (C=O) groups excluding carboxylic acids is 1. The minimum atomic E-state index is -0.728. The minimum Gasteiger partial charge on any atom is -0.487 e. The SMILES string of the molecule is CCCOC[C@H](NC(C)=O)[C@H](O)CN[C@H]1CC2(CCC2)Oc2ccc(CC)cc21. The van der Waals surface area contributed by atoms with Gasteiger partial charge in [0, 0.05) is 38.1 Å². The summed E-state index contributed by atoms with van der Waals surface area (Å²) in [5.41, 5.74) is 2.39. The molecular formula is C23H36N2O4. The number of aliphatic hydroxyl groups is 1. The van der Waals surface area contributed by atoms with E-state index in [2.05, 4.69) is 35.8 Å². The van der Waals surface area contributed by atoms with E-state index in [4.69, 9.17) is 9.47 Å². The van der Waals surface area contributed by atoms with Crippen molar-refractivity contribution in [1.82, 2.24) is 10.6 Å². The van der Waals surface area contributed by atoms with Crippen molar-refractivity contribution in [1.29, 1.82) is 0 Å². The number of hydrogen-bond acceptors (Lipinski definition) is 5. The van der Waals surface area contributed by atoms with Gasteiger partial charge in [0.2, 0.25) is 5.91 Å². The van der Waals surface area contributed by atoms with Gasteiger partial charge in [-0.15, -0.1) is 0 Å². The van der Waals surface area contributed by atoms with Gasteiger partial charge in [-0.1, -0.05) is 26.0 Å². The van der Waals surface area contributed by atoms with Crippen LogP contribution >= 0.6 is 0 Å². The van der Waals surface area contributed by atoms with Crippen molar-refractivity contribution in [3.63, 3.8) is 0 Å². The van der Waals surface area contributed by atoms with Crippen LogP contribution in [0.1, 0.15) is 70.0 Å². The van der Waals surface area contributed by atoms with E-state index in [0.717, 1.165) is 37.9 Å². The molecule has 1 fully saturated rings. The minimum absolute atomic E-state index is 0.0649. The first-order chi connectivity index (χ1) is 14.0. The Kier molecular flexibility index (Phi) is 7.55. The average Bonchev–Trinajstić information content (AvgIpc) is 2.69. The molecule has 6 nitrogen and oxygen atoms in total. The summed E-state index contributed by atoms with van der Waals surface area (Å²) in [6.07, 6.45) is 5.45. The Morgan fingerprint density at radius 1 is 1.38 bits per heavy atom. The van der Waals surface area contributed by atoms with Gasteiger partial charge >= 0.3 is 0 Å². The van der Waals surface area contributed by atoms with Crippen LogP contribution in [0.5, 0.6) is 5.75 Å². The van der Waals surface area contributed by atoms with Gasteiger partial charge in [-0.05, 0) is 43.7 Å². The number of nitrogens with one attached hydrogen (secondary N) is 2. The lowest BCUT2D eigenvalue weighted by Crippen LogP contribution is -2.52. The molecule has 3 N–H and O–H groups in total. The van der Waals surface area contributed by atoms with Crippen LogP contribution in [0.25, 0.3) is 0 Å². The molecule has 29 heavy (non-hydrogen) atoms. The van der Waals surface area contributed by atoms with E-state index >= 15 is 0 Å². The maximum Gasteiger partial charge on any atom is 0.217 e. The van der Waals surface area contributed by atoms with E-state index in [1.807, 2.05) is 6.92 Å². The molecular weight excluding hydrogens is 368 g/mol. The smallest absolute Gasteiger partial charge is 0.217 e. The molecule has 1 saturated carbocycles. The fourth-order valence-corrected chi connectivity index (χ4v) is 4.27. The van der Waals surface area contributed by atoms with E-state index in [0.29, 0.717) is 19.8 Å². The number of ether oxygens (including phenoxy) is 2.